The Morgan fingerprint density at radius 2 is 1.80 bits per heavy atom. The van der Waals surface area contributed by atoms with Gasteiger partial charge in [-0.1, -0.05) is 27.7 Å². The number of carboxylic acids is 1. The molecule has 0 radical (unpaired) electrons. The van der Waals surface area contributed by atoms with Gasteiger partial charge in [0.25, 0.3) is 0 Å². The van der Waals surface area contributed by atoms with Gasteiger partial charge < -0.3 is 15.7 Å². The van der Waals surface area contributed by atoms with Crippen LogP contribution < -0.4 is 5.73 Å². The van der Waals surface area contributed by atoms with Gasteiger partial charge >= 0.3 is 5.97 Å². The summed E-state index contributed by atoms with van der Waals surface area (Å²) in [5, 5.41) is 9.00. The Balaban J connectivity index is 4.23. The molecule has 0 aromatic carbocycles. The third-order valence-electron chi connectivity index (χ3n) is 3.94. The molecule has 0 fully saturated rings. The standard InChI is InChI=1S/C16H34N2O2/c1-6-14(7-2)18(12-13(3)4)11-9-8-10-16(5,17)15(19)20/h13-14H,6-12,17H2,1-5H3,(H,19,20). The zero-order valence-electron chi connectivity index (χ0n) is 14.0. The molecule has 0 amide bonds. The van der Waals surface area contributed by atoms with Gasteiger partial charge in [0.2, 0.25) is 0 Å². The van der Waals surface area contributed by atoms with E-state index in [9.17, 15) is 4.79 Å². The van der Waals surface area contributed by atoms with E-state index in [1.807, 2.05) is 0 Å². The van der Waals surface area contributed by atoms with Crippen LogP contribution >= 0.6 is 0 Å². The lowest BCUT2D eigenvalue weighted by Crippen LogP contribution is -2.45. The molecule has 4 heteroatoms. The average Bonchev–Trinajstić information content (AvgIpc) is 2.34. The maximum absolute atomic E-state index is 11.0. The van der Waals surface area contributed by atoms with Crippen LogP contribution in [0.3, 0.4) is 0 Å². The van der Waals surface area contributed by atoms with Crippen LogP contribution in [0, 0.1) is 5.92 Å². The summed E-state index contributed by atoms with van der Waals surface area (Å²) >= 11 is 0. The number of carbonyl (C=O) groups is 1. The van der Waals surface area contributed by atoms with Gasteiger partial charge in [-0.25, -0.2) is 0 Å². The zero-order chi connectivity index (χ0) is 15.8. The Hall–Kier alpha value is -0.610. The Labute approximate surface area is 124 Å². The van der Waals surface area contributed by atoms with Gasteiger partial charge in [-0.05, 0) is 51.5 Å². The van der Waals surface area contributed by atoms with Crippen LogP contribution in [0.2, 0.25) is 0 Å². The number of hydrogen-bond donors (Lipinski definition) is 2. The molecule has 0 aliphatic rings. The Morgan fingerprint density at radius 3 is 2.20 bits per heavy atom. The summed E-state index contributed by atoms with van der Waals surface area (Å²) in [6, 6.07) is 0.640. The van der Waals surface area contributed by atoms with E-state index < -0.39 is 11.5 Å². The minimum absolute atomic E-state index is 0.542. The molecular weight excluding hydrogens is 252 g/mol. The molecule has 0 saturated carbocycles. The van der Waals surface area contributed by atoms with Crippen LogP contribution in [0.15, 0.2) is 0 Å². The molecule has 120 valence electrons. The highest BCUT2D eigenvalue weighted by atomic mass is 16.4. The van der Waals surface area contributed by atoms with Crippen LogP contribution in [-0.4, -0.2) is 40.6 Å². The van der Waals surface area contributed by atoms with Gasteiger partial charge in [-0.3, -0.25) is 4.79 Å². The van der Waals surface area contributed by atoms with Crippen LogP contribution in [0.4, 0.5) is 0 Å². The monoisotopic (exact) mass is 286 g/mol. The van der Waals surface area contributed by atoms with Crippen molar-refractivity contribution >= 4 is 5.97 Å². The Morgan fingerprint density at radius 1 is 1.25 bits per heavy atom. The first-order valence-electron chi connectivity index (χ1n) is 8.00. The molecule has 0 aliphatic carbocycles. The second-order valence-corrected chi connectivity index (χ2v) is 6.54. The molecule has 4 nitrogen and oxygen atoms in total. The SMILES string of the molecule is CCC(CC)N(CCCCC(C)(N)C(=O)O)CC(C)C. The van der Waals surface area contributed by atoms with E-state index in [0.717, 1.165) is 25.9 Å². The Bertz CT molecular complexity index is 274. The third kappa shape index (κ3) is 7.25. The van der Waals surface area contributed by atoms with Crippen molar-refractivity contribution in [3.8, 4) is 0 Å². The fraction of sp³-hybridized carbons (Fsp3) is 0.938. The van der Waals surface area contributed by atoms with E-state index in [0.29, 0.717) is 18.4 Å². The van der Waals surface area contributed by atoms with Crippen LogP contribution in [-0.2, 0) is 4.79 Å². The summed E-state index contributed by atoms with van der Waals surface area (Å²) in [7, 11) is 0. The molecule has 0 saturated heterocycles. The molecule has 0 bridgehead atoms. The number of aliphatic carboxylic acids is 1. The second-order valence-electron chi connectivity index (χ2n) is 6.54. The molecule has 20 heavy (non-hydrogen) atoms. The minimum Gasteiger partial charge on any atom is -0.480 e. The molecule has 0 rings (SSSR count). The average molecular weight is 286 g/mol. The molecule has 0 heterocycles. The van der Waals surface area contributed by atoms with E-state index in [2.05, 4.69) is 32.6 Å². The molecule has 0 aromatic rings. The van der Waals surface area contributed by atoms with Crippen molar-refractivity contribution in [2.24, 2.45) is 11.7 Å². The van der Waals surface area contributed by atoms with Gasteiger partial charge in [0, 0.05) is 12.6 Å². The third-order valence-corrected chi connectivity index (χ3v) is 3.94. The summed E-state index contributed by atoms with van der Waals surface area (Å²) in [6.45, 7) is 12.7. The van der Waals surface area contributed by atoms with Crippen LogP contribution in [0.5, 0.6) is 0 Å². The summed E-state index contributed by atoms with van der Waals surface area (Å²) in [5.74, 6) is -0.245. The lowest BCUT2D eigenvalue weighted by molar-refractivity contribution is -0.142. The van der Waals surface area contributed by atoms with Gasteiger partial charge in [-0.15, -0.1) is 0 Å². The number of carboxylic acid groups (broad SMARTS) is 1. The molecular formula is C16H34N2O2. The number of unbranched alkanes of at least 4 members (excludes halogenated alkanes) is 1. The predicted octanol–water partition coefficient (Wildman–Crippen LogP) is 3.11. The normalized spacial score (nSPS) is 15.1. The maximum atomic E-state index is 11.0. The number of rotatable bonds is 11. The fourth-order valence-corrected chi connectivity index (χ4v) is 2.61. The van der Waals surface area contributed by atoms with Crippen molar-refractivity contribution in [3.63, 3.8) is 0 Å². The highest BCUT2D eigenvalue weighted by Gasteiger charge is 2.27. The molecule has 0 aromatic heterocycles. The maximum Gasteiger partial charge on any atom is 0.323 e. The molecule has 1 unspecified atom stereocenters. The van der Waals surface area contributed by atoms with E-state index in [1.165, 1.54) is 12.8 Å². The topological polar surface area (TPSA) is 66.6 Å². The lowest BCUT2D eigenvalue weighted by atomic mass is 9.96. The van der Waals surface area contributed by atoms with Crippen molar-refractivity contribution in [3.05, 3.63) is 0 Å². The largest absolute Gasteiger partial charge is 0.480 e. The first kappa shape index (κ1) is 19.4. The van der Waals surface area contributed by atoms with E-state index >= 15 is 0 Å². The molecule has 0 aliphatic heterocycles. The van der Waals surface area contributed by atoms with Crippen molar-refractivity contribution in [1.29, 1.82) is 0 Å². The van der Waals surface area contributed by atoms with Crippen molar-refractivity contribution < 1.29 is 9.90 Å². The smallest absolute Gasteiger partial charge is 0.323 e. The number of nitrogens with two attached hydrogens (primary N) is 1. The summed E-state index contributed by atoms with van der Waals surface area (Å²) < 4.78 is 0. The summed E-state index contributed by atoms with van der Waals surface area (Å²) in [5.41, 5.74) is 4.67. The van der Waals surface area contributed by atoms with E-state index in [-0.39, 0.29) is 0 Å². The predicted molar refractivity (Wildman–Crippen MR) is 84.9 cm³/mol. The fourth-order valence-electron chi connectivity index (χ4n) is 2.61. The minimum atomic E-state index is -1.09. The highest BCUT2D eigenvalue weighted by Crippen LogP contribution is 2.15. The molecule has 1 atom stereocenters. The quantitative estimate of drug-likeness (QED) is 0.573. The lowest BCUT2D eigenvalue weighted by Gasteiger charge is -2.32. The van der Waals surface area contributed by atoms with Crippen molar-refractivity contribution in [1.82, 2.24) is 4.90 Å². The van der Waals surface area contributed by atoms with Crippen LogP contribution in [0.25, 0.3) is 0 Å². The second kappa shape index (κ2) is 9.35. The van der Waals surface area contributed by atoms with Gasteiger partial charge in [0.15, 0.2) is 0 Å². The van der Waals surface area contributed by atoms with Gasteiger partial charge in [-0.2, -0.15) is 0 Å². The van der Waals surface area contributed by atoms with Crippen molar-refractivity contribution in [2.75, 3.05) is 13.1 Å². The molecule has 0 spiro atoms. The number of nitrogens with zero attached hydrogens (tertiary/aromatic N) is 1. The first-order chi connectivity index (χ1) is 9.24. The Kier molecular flexibility index (Phi) is 9.06. The van der Waals surface area contributed by atoms with E-state index in [4.69, 9.17) is 10.8 Å². The molecule has 3 N–H and O–H groups in total. The summed E-state index contributed by atoms with van der Waals surface area (Å²) in [4.78, 5) is 13.5. The van der Waals surface area contributed by atoms with Gasteiger partial charge in [0.05, 0.1) is 0 Å². The number of hydrogen-bond acceptors (Lipinski definition) is 3. The van der Waals surface area contributed by atoms with Crippen molar-refractivity contribution in [2.45, 2.75) is 78.3 Å². The van der Waals surface area contributed by atoms with Crippen LogP contribution in [0.1, 0.15) is 66.7 Å². The van der Waals surface area contributed by atoms with E-state index in [1.54, 1.807) is 6.92 Å². The zero-order valence-corrected chi connectivity index (χ0v) is 14.0. The highest BCUT2D eigenvalue weighted by molar-refractivity contribution is 5.77. The summed E-state index contributed by atoms with van der Waals surface area (Å²) in [6.07, 6.45) is 4.78. The van der Waals surface area contributed by atoms with Gasteiger partial charge in [0.1, 0.15) is 5.54 Å². The first-order valence-corrected chi connectivity index (χ1v) is 8.00.